The monoisotopic (exact) mass is 372 g/mol. The van der Waals surface area contributed by atoms with Gasteiger partial charge in [-0.25, -0.2) is 9.97 Å². The number of carboxylic acids is 1. The van der Waals surface area contributed by atoms with Crippen LogP contribution in [0.15, 0.2) is 60.7 Å². The van der Waals surface area contributed by atoms with E-state index < -0.39 is 12.1 Å². The number of ether oxygens (including phenoxy) is 2. The molecule has 0 amide bonds. The average molecular weight is 372 g/mol. The molecular weight excluding hydrogens is 355 g/mol. The van der Waals surface area contributed by atoms with Crippen LogP contribution in [0.5, 0.6) is 17.4 Å². The van der Waals surface area contributed by atoms with Crippen LogP contribution in [0.3, 0.4) is 0 Å². The predicted octanol–water partition coefficient (Wildman–Crippen LogP) is -0.192. The quantitative estimate of drug-likeness (QED) is 0.440. The van der Waals surface area contributed by atoms with E-state index in [-0.39, 0.29) is 29.6 Å². The van der Waals surface area contributed by atoms with Crippen molar-refractivity contribution >= 4 is 17.0 Å². The molecule has 0 saturated carbocycles. The Labute approximate surface area is 179 Å². The van der Waals surface area contributed by atoms with Crippen molar-refractivity contribution in [2.75, 3.05) is 0 Å². The summed E-state index contributed by atoms with van der Waals surface area (Å²) in [7, 11) is 0. The molecule has 0 bridgehead atoms. The van der Waals surface area contributed by atoms with Crippen molar-refractivity contribution < 1.29 is 48.9 Å². The molecule has 1 heterocycles. The molecular formula is C20H17N2NaO4. The number of aliphatic carboxylic acids is 1. The summed E-state index contributed by atoms with van der Waals surface area (Å²) in [5, 5.41) is 10.4. The number of hydrogen-bond acceptors (Lipinski definition) is 6. The number of carbonyl (C=O) groups excluding carboxylic acids is 1. The van der Waals surface area contributed by atoms with Gasteiger partial charge in [0.1, 0.15) is 23.3 Å². The van der Waals surface area contributed by atoms with E-state index in [0.29, 0.717) is 23.1 Å². The Kier molecular flexibility index (Phi) is 7.36. The molecule has 0 fully saturated rings. The van der Waals surface area contributed by atoms with E-state index in [1.165, 1.54) is 6.08 Å². The Morgan fingerprint density at radius 3 is 2.26 bits per heavy atom. The van der Waals surface area contributed by atoms with Gasteiger partial charge in [0, 0.05) is 0 Å². The number of fused-ring (bicyclic) bond motifs is 1. The van der Waals surface area contributed by atoms with Crippen LogP contribution in [-0.2, 0) is 4.79 Å². The zero-order chi connectivity index (χ0) is 18.5. The van der Waals surface area contributed by atoms with Crippen molar-refractivity contribution in [3.63, 3.8) is 0 Å². The molecule has 0 radical (unpaired) electrons. The van der Waals surface area contributed by atoms with Crippen molar-refractivity contribution in [2.45, 2.75) is 20.0 Å². The second-order valence-electron chi connectivity index (χ2n) is 5.68. The SMILES string of the molecule is Cc1nc2ccccc2nc1Oc1ccc(OC(C)/C=C/C(=O)[O-])cc1.[Na+]. The second kappa shape index (κ2) is 9.50. The smallest absolute Gasteiger partial charge is 0.545 e. The van der Waals surface area contributed by atoms with Crippen LogP contribution >= 0.6 is 0 Å². The number of carbonyl (C=O) groups is 1. The molecule has 132 valence electrons. The second-order valence-corrected chi connectivity index (χ2v) is 5.68. The van der Waals surface area contributed by atoms with E-state index in [2.05, 4.69) is 9.97 Å². The van der Waals surface area contributed by atoms with Gasteiger partial charge >= 0.3 is 29.6 Å². The first-order valence-electron chi connectivity index (χ1n) is 8.08. The maximum absolute atomic E-state index is 10.4. The third kappa shape index (κ3) is 5.79. The van der Waals surface area contributed by atoms with Gasteiger partial charge in [-0.05, 0) is 62.4 Å². The zero-order valence-electron chi connectivity index (χ0n) is 15.4. The van der Waals surface area contributed by atoms with Crippen LogP contribution in [0.4, 0.5) is 0 Å². The first-order valence-corrected chi connectivity index (χ1v) is 8.08. The molecule has 1 atom stereocenters. The van der Waals surface area contributed by atoms with Gasteiger partial charge in [-0.15, -0.1) is 0 Å². The van der Waals surface area contributed by atoms with Gasteiger partial charge in [-0.1, -0.05) is 12.1 Å². The van der Waals surface area contributed by atoms with E-state index >= 15 is 0 Å². The zero-order valence-corrected chi connectivity index (χ0v) is 17.4. The van der Waals surface area contributed by atoms with Gasteiger partial charge in [0.05, 0.1) is 17.0 Å². The first kappa shape index (κ1) is 20.9. The third-order valence-electron chi connectivity index (χ3n) is 3.56. The van der Waals surface area contributed by atoms with Crippen LogP contribution < -0.4 is 44.1 Å². The Morgan fingerprint density at radius 1 is 1.04 bits per heavy atom. The summed E-state index contributed by atoms with van der Waals surface area (Å²) in [4.78, 5) is 19.4. The molecule has 0 saturated heterocycles. The van der Waals surface area contributed by atoms with Crippen LogP contribution in [0, 0.1) is 6.92 Å². The van der Waals surface area contributed by atoms with Crippen molar-refractivity contribution in [3.8, 4) is 17.4 Å². The standard InChI is InChI=1S/C20H18N2O4.Na/c1-13(7-12-19(23)24)25-15-8-10-16(11-9-15)26-20-14(2)21-17-5-3-4-6-18(17)22-20;/h3-13H,1-2H3,(H,23,24);/q;+1/p-1/b12-7+;. The minimum Gasteiger partial charge on any atom is -0.545 e. The van der Waals surface area contributed by atoms with Gasteiger partial charge in [-0.3, -0.25) is 0 Å². The minimum absolute atomic E-state index is 0. The molecule has 3 rings (SSSR count). The number of aromatic nitrogens is 2. The fourth-order valence-corrected chi connectivity index (χ4v) is 2.33. The molecule has 0 aliphatic heterocycles. The first-order chi connectivity index (χ1) is 12.5. The van der Waals surface area contributed by atoms with E-state index in [4.69, 9.17) is 9.47 Å². The van der Waals surface area contributed by atoms with Crippen molar-refractivity contribution in [1.82, 2.24) is 9.97 Å². The van der Waals surface area contributed by atoms with Crippen LogP contribution in [0.1, 0.15) is 12.6 Å². The van der Waals surface area contributed by atoms with E-state index in [9.17, 15) is 9.90 Å². The topological polar surface area (TPSA) is 84.4 Å². The molecule has 1 aromatic heterocycles. The number of nitrogens with zero attached hydrogens (tertiary/aromatic N) is 2. The normalized spacial score (nSPS) is 11.8. The molecule has 7 heteroatoms. The Balaban J connectivity index is 0.00000261. The molecule has 0 N–H and O–H groups in total. The van der Waals surface area contributed by atoms with Gasteiger partial charge in [0.15, 0.2) is 0 Å². The third-order valence-corrected chi connectivity index (χ3v) is 3.56. The van der Waals surface area contributed by atoms with Crippen molar-refractivity contribution in [1.29, 1.82) is 0 Å². The Bertz CT molecular complexity index is 958. The molecule has 0 spiro atoms. The van der Waals surface area contributed by atoms with Gasteiger partial charge in [-0.2, -0.15) is 0 Å². The number of hydrogen-bond donors (Lipinski definition) is 0. The van der Waals surface area contributed by atoms with E-state index in [0.717, 1.165) is 17.1 Å². The van der Waals surface area contributed by atoms with Crippen LogP contribution in [-0.4, -0.2) is 22.0 Å². The van der Waals surface area contributed by atoms with Crippen LogP contribution in [0.2, 0.25) is 0 Å². The molecule has 27 heavy (non-hydrogen) atoms. The number of para-hydroxylation sites is 2. The molecule has 2 aromatic carbocycles. The molecule has 1 unspecified atom stereocenters. The summed E-state index contributed by atoms with van der Waals surface area (Å²) < 4.78 is 11.4. The van der Waals surface area contributed by atoms with E-state index in [1.54, 1.807) is 31.2 Å². The molecule has 3 aromatic rings. The summed E-state index contributed by atoms with van der Waals surface area (Å²) in [6.07, 6.45) is 1.96. The maximum Gasteiger partial charge on any atom is 1.00 e. The molecule has 0 aliphatic carbocycles. The van der Waals surface area contributed by atoms with Crippen LogP contribution in [0.25, 0.3) is 11.0 Å². The summed E-state index contributed by atoms with van der Waals surface area (Å²) in [5.74, 6) is 0.385. The summed E-state index contributed by atoms with van der Waals surface area (Å²) in [6.45, 7) is 3.58. The van der Waals surface area contributed by atoms with Crippen molar-refractivity contribution in [3.05, 3.63) is 66.4 Å². The van der Waals surface area contributed by atoms with Crippen molar-refractivity contribution in [2.24, 2.45) is 0 Å². The Morgan fingerprint density at radius 2 is 1.63 bits per heavy atom. The van der Waals surface area contributed by atoms with Gasteiger partial charge in [0.2, 0.25) is 5.88 Å². The van der Waals surface area contributed by atoms with E-state index in [1.807, 2.05) is 31.2 Å². The number of rotatable bonds is 6. The average Bonchev–Trinajstić information content (AvgIpc) is 2.62. The largest absolute Gasteiger partial charge is 1.00 e. The number of aryl methyl sites for hydroxylation is 1. The Hall–Kier alpha value is -2.41. The summed E-state index contributed by atoms with van der Waals surface area (Å²) in [5.41, 5.74) is 2.28. The summed E-state index contributed by atoms with van der Waals surface area (Å²) >= 11 is 0. The summed E-state index contributed by atoms with van der Waals surface area (Å²) in [6, 6.07) is 14.6. The fraction of sp³-hybridized carbons (Fsp3) is 0.150. The van der Waals surface area contributed by atoms with Gasteiger partial charge < -0.3 is 19.4 Å². The maximum atomic E-state index is 10.4. The number of carboxylic acid groups (broad SMARTS) is 1. The molecule has 0 aliphatic rings. The van der Waals surface area contributed by atoms with Gasteiger partial charge in [0.25, 0.3) is 0 Å². The minimum atomic E-state index is -1.25. The predicted molar refractivity (Wildman–Crippen MR) is 95.0 cm³/mol. The number of benzene rings is 2. The fourth-order valence-electron chi connectivity index (χ4n) is 2.33. The molecule has 6 nitrogen and oxygen atoms in total.